The van der Waals surface area contributed by atoms with Crippen LogP contribution in [0.2, 0.25) is 0 Å². The number of rotatable bonds is 9. The van der Waals surface area contributed by atoms with Crippen molar-refractivity contribution in [1.82, 2.24) is 9.80 Å². The van der Waals surface area contributed by atoms with Crippen LogP contribution in [0.4, 0.5) is 0 Å². The molecule has 0 amide bonds. The average Bonchev–Trinajstić information content (AvgIpc) is 2.58. The molecule has 0 aliphatic carbocycles. The van der Waals surface area contributed by atoms with Crippen molar-refractivity contribution in [3.8, 4) is 0 Å². The third-order valence-corrected chi connectivity index (χ3v) is 4.69. The van der Waals surface area contributed by atoms with E-state index in [1.807, 2.05) is 0 Å². The first-order chi connectivity index (χ1) is 12.0. The fraction of sp³-hybridized carbons (Fsp3) is 0.478. The maximum atomic E-state index is 2.59. The molecule has 0 aliphatic rings. The van der Waals surface area contributed by atoms with Gasteiger partial charge in [-0.25, -0.2) is 0 Å². The minimum Gasteiger partial charge on any atom is -0.308 e. The summed E-state index contributed by atoms with van der Waals surface area (Å²) in [5, 5.41) is 0. The SMILES string of the molecule is CC(C)Cc1cccc(CN(CCN(C)C)[C@@H](C)c2ccccc2)c1. The molecule has 2 aromatic rings. The summed E-state index contributed by atoms with van der Waals surface area (Å²) in [5.41, 5.74) is 4.26. The van der Waals surface area contributed by atoms with Crippen molar-refractivity contribution in [1.29, 1.82) is 0 Å². The predicted molar refractivity (Wildman–Crippen MR) is 109 cm³/mol. The predicted octanol–water partition coefficient (Wildman–Crippen LogP) is 5.01. The van der Waals surface area contributed by atoms with E-state index in [4.69, 9.17) is 0 Å². The van der Waals surface area contributed by atoms with Crippen LogP contribution in [0.25, 0.3) is 0 Å². The van der Waals surface area contributed by atoms with E-state index >= 15 is 0 Å². The smallest absolute Gasteiger partial charge is 0.0323 e. The van der Waals surface area contributed by atoms with Crippen LogP contribution in [0.1, 0.15) is 43.5 Å². The zero-order chi connectivity index (χ0) is 18.2. The van der Waals surface area contributed by atoms with E-state index in [2.05, 4.69) is 99.3 Å². The highest BCUT2D eigenvalue weighted by atomic mass is 15.2. The standard InChI is InChI=1S/C23H34N2/c1-19(2)16-21-10-9-11-22(17-21)18-25(15-14-24(4)5)20(3)23-12-7-6-8-13-23/h6-13,17,19-20H,14-16,18H2,1-5H3/t20-/m0/s1. The maximum Gasteiger partial charge on any atom is 0.0323 e. The molecule has 0 saturated heterocycles. The topological polar surface area (TPSA) is 6.48 Å². The van der Waals surface area contributed by atoms with Gasteiger partial charge < -0.3 is 4.90 Å². The van der Waals surface area contributed by atoms with Crippen molar-refractivity contribution in [3.05, 3.63) is 71.3 Å². The van der Waals surface area contributed by atoms with E-state index in [0.717, 1.165) is 26.1 Å². The fourth-order valence-corrected chi connectivity index (χ4v) is 3.24. The highest BCUT2D eigenvalue weighted by Crippen LogP contribution is 2.22. The van der Waals surface area contributed by atoms with Crippen molar-refractivity contribution in [2.45, 2.75) is 39.8 Å². The number of benzene rings is 2. The summed E-state index contributed by atoms with van der Waals surface area (Å²) < 4.78 is 0. The summed E-state index contributed by atoms with van der Waals surface area (Å²) in [7, 11) is 4.29. The molecule has 25 heavy (non-hydrogen) atoms. The minimum absolute atomic E-state index is 0.412. The zero-order valence-corrected chi connectivity index (χ0v) is 16.6. The molecule has 0 spiro atoms. The molecule has 2 rings (SSSR count). The third-order valence-electron chi connectivity index (χ3n) is 4.69. The summed E-state index contributed by atoms with van der Waals surface area (Å²) >= 11 is 0. The van der Waals surface area contributed by atoms with Crippen LogP contribution in [0, 0.1) is 5.92 Å². The Hall–Kier alpha value is -1.64. The number of hydrogen-bond acceptors (Lipinski definition) is 2. The molecular formula is C23H34N2. The number of hydrogen-bond donors (Lipinski definition) is 0. The van der Waals surface area contributed by atoms with E-state index in [1.165, 1.54) is 16.7 Å². The Bertz CT molecular complexity index is 619. The Morgan fingerprint density at radius 1 is 0.800 bits per heavy atom. The van der Waals surface area contributed by atoms with Gasteiger partial charge in [0.15, 0.2) is 0 Å². The Morgan fingerprint density at radius 3 is 2.12 bits per heavy atom. The van der Waals surface area contributed by atoms with Crippen molar-refractivity contribution in [2.24, 2.45) is 5.92 Å². The van der Waals surface area contributed by atoms with Crippen LogP contribution in [0.5, 0.6) is 0 Å². The van der Waals surface area contributed by atoms with E-state index < -0.39 is 0 Å². The molecule has 0 heterocycles. The second-order valence-electron chi connectivity index (χ2n) is 7.78. The lowest BCUT2D eigenvalue weighted by molar-refractivity contribution is 0.181. The molecule has 0 unspecified atom stereocenters. The molecule has 0 radical (unpaired) electrons. The van der Waals surface area contributed by atoms with Gasteiger partial charge in [0.1, 0.15) is 0 Å². The molecule has 0 aromatic heterocycles. The van der Waals surface area contributed by atoms with Crippen LogP contribution >= 0.6 is 0 Å². The molecule has 2 heteroatoms. The van der Waals surface area contributed by atoms with Crippen molar-refractivity contribution in [3.63, 3.8) is 0 Å². The molecule has 0 N–H and O–H groups in total. The third kappa shape index (κ3) is 6.64. The highest BCUT2D eigenvalue weighted by Gasteiger charge is 2.16. The van der Waals surface area contributed by atoms with E-state index in [1.54, 1.807) is 0 Å². The van der Waals surface area contributed by atoms with Crippen LogP contribution in [0.15, 0.2) is 54.6 Å². The van der Waals surface area contributed by atoms with Crippen molar-refractivity contribution in [2.75, 3.05) is 27.2 Å². The lowest BCUT2D eigenvalue weighted by Crippen LogP contribution is -2.33. The van der Waals surface area contributed by atoms with Gasteiger partial charge in [0.25, 0.3) is 0 Å². The largest absolute Gasteiger partial charge is 0.308 e. The fourth-order valence-electron chi connectivity index (χ4n) is 3.24. The van der Waals surface area contributed by atoms with E-state index in [9.17, 15) is 0 Å². The van der Waals surface area contributed by atoms with Gasteiger partial charge in [-0.3, -0.25) is 4.90 Å². The lowest BCUT2D eigenvalue weighted by atomic mass is 10.00. The quantitative estimate of drug-likeness (QED) is 0.634. The molecule has 0 fully saturated rings. The Morgan fingerprint density at radius 2 is 1.48 bits per heavy atom. The summed E-state index contributed by atoms with van der Waals surface area (Å²) in [5.74, 6) is 0.698. The Labute approximate surface area is 154 Å². The average molecular weight is 339 g/mol. The molecule has 2 nitrogen and oxygen atoms in total. The van der Waals surface area contributed by atoms with Gasteiger partial charge in [0.2, 0.25) is 0 Å². The Kier molecular flexibility index (Phi) is 7.67. The number of nitrogens with zero attached hydrogens (tertiary/aromatic N) is 2. The molecular weight excluding hydrogens is 304 g/mol. The first kappa shape index (κ1) is 19.7. The van der Waals surface area contributed by atoms with Gasteiger partial charge >= 0.3 is 0 Å². The van der Waals surface area contributed by atoms with Gasteiger partial charge in [0, 0.05) is 25.7 Å². The van der Waals surface area contributed by atoms with Crippen molar-refractivity contribution < 1.29 is 0 Å². The molecule has 1 atom stereocenters. The number of likely N-dealkylation sites (N-methyl/N-ethyl adjacent to an activating group) is 1. The molecule has 0 bridgehead atoms. The molecule has 0 saturated carbocycles. The highest BCUT2D eigenvalue weighted by molar-refractivity contribution is 5.25. The normalized spacial score (nSPS) is 13.0. The van der Waals surface area contributed by atoms with Gasteiger partial charge in [-0.05, 0) is 50.0 Å². The van der Waals surface area contributed by atoms with Gasteiger partial charge in [-0.1, -0.05) is 68.4 Å². The van der Waals surface area contributed by atoms with Crippen LogP contribution < -0.4 is 0 Å². The second kappa shape index (κ2) is 9.74. The minimum atomic E-state index is 0.412. The summed E-state index contributed by atoms with van der Waals surface area (Å²) in [4.78, 5) is 4.85. The van der Waals surface area contributed by atoms with Crippen molar-refractivity contribution >= 4 is 0 Å². The Balaban J connectivity index is 2.15. The maximum absolute atomic E-state index is 2.59. The zero-order valence-electron chi connectivity index (χ0n) is 16.6. The molecule has 136 valence electrons. The first-order valence-corrected chi connectivity index (χ1v) is 9.47. The molecule has 0 aliphatic heterocycles. The molecule has 2 aromatic carbocycles. The van der Waals surface area contributed by atoms with Gasteiger partial charge in [-0.2, -0.15) is 0 Å². The van der Waals surface area contributed by atoms with Crippen LogP contribution in [0.3, 0.4) is 0 Å². The first-order valence-electron chi connectivity index (χ1n) is 9.47. The summed E-state index contributed by atoms with van der Waals surface area (Å²) in [6, 6.07) is 20.4. The summed E-state index contributed by atoms with van der Waals surface area (Å²) in [6.45, 7) is 10.0. The van der Waals surface area contributed by atoms with E-state index in [0.29, 0.717) is 12.0 Å². The van der Waals surface area contributed by atoms with E-state index in [-0.39, 0.29) is 0 Å². The van der Waals surface area contributed by atoms with Gasteiger partial charge in [-0.15, -0.1) is 0 Å². The van der Waals surface area contributed by atoms with Gasteiger partial charge in [0.05, 0.1) is 0 Å². The van der Waals surface area contributed by atoms with Crippen LogP contribution in [-0.2, 0) is 13.0 Å². The lowest BCUT2D eigenvalue weighted by Gasteiger charge is -2.31. The second-order valence-corrected chi connectivity index (χ2v) is 7.78. The summed E-state index contributed by atoms with van der Waals surface area (Å²) in [6.07, 6.45) is 1.15. The monoisotopic (exact) mass is 338 g/mol. The van der Waals surface area contributed by atoms with Crippen LogP contribution in [-0.4, -0.2) is 37.0 Å².